The third-order valence-corrected chi connectivity index (χ3v) is 3.00. The van der Waals surface area contributed by atoms with Crippen LogP contribution < -0.4 is 0 Å². The predicted octanol–water partition coefficient (Wildman–Crippen LogP) is 1.11. The molecule has 0 radical (unpaired) electrons. The van der Waals surface area contributed by atoms with Gasteiger partial charge in [0.1, 0.15) is 4.90 Å². The molecular formula is C8H7FN2O2S. The van der Waals surface area contributed by atoms with Crippen molar-refractivity contribution in [1.82, 2.24) is 9.97 Å². The number of H-pyrrole nitrogens is 1. The molecule has 0 saturated carbocycles. The SMILES string of the molecule is CS(=O)(=O)c1c(F)cnc2cc[nH]c12. The highest BCUT2D eigenvalue weighted by molar-refractivity contribution is 7.91. The molecule has 0 atom stereocenters. The van der Waals surface area contributed by atoms with Crippen molar-refractivity contribution >= 4 is 20.9 Å². The number of aromatic nitrogens is 2. The van der Waals surface area contributed by atoms with Gasteiger partial charge in [-0.05, 0) is 6.07 Å². The average molecular weight is 214 g/mol. The molecule has 0 unspecified atom stereocenters. The molecule has 0 amide bonds. The number of sulfone groups is 1. The van der Waals surface area contributed by atoms with Crippen LogP contribution in [0, 0.1) is 5.82 Å². The van der Waals surface area contributed by atoms with Crippen molar-refractivity contribution in [2.75, 3.05) is 6.26 Å². The van der Waals surface area contributed by atoms with Crippen LogP contribution in [-0.4, -0.2) is 24.6 Å². The fourth-order valence-corrected chi connectivity index (χ4v) is 2.26. The Kier molecular flexibility index (Phi) is 1.81. The summed E-state index contributed by atoms with van der Waals surface area (Å²) in [6.45, 7) is 0. The summed E-state index contributed by atoms with van der Waals surface area (Å²) in [5.74, 6) is -0.831. The van der Waals surface area contributed by atoms with E-state index in [0.717, 1.165) is 12.5 Å². The maximum Gasteiger partial charge on any atom is 0.180 e. The summed E-state index contributed by atoms with van der Waals surface area (Å²) in [5.41, 5.74) is 0.652. The standard InChI is InChI=1S/C8H7FN2O2S/c1-14(12,13)8-5(9)4-11-6-2-3-10-7(6)8/h2-4,10H,1H3. The Morgan fingerprint density at radius 1 is 1.50 bits per heavy atom. The highest BCUT2D eigenvalue weighted by Gasteiger charge is 2.18. The first-order valence-corrected chi connectivity index (χ1v) is 5.71. The zero-order chi connectivity index (χ0) is 10.3. The number of fused-ring (bicyclic) bond motifs is 1. The van der Waals surface area contributed by atoms with E-state index in [0.29, 0.717) is 5.52 Å². The van der Waals surface area contributed by atoms with E-state index >= 15 is 0 Å². The number of nitrogens with zero attached hydrogens (tertiary/aromatic N) is 1. The lowest BCUT2D eigenvalue weighted by Gasteiger charge is -2.01. The van der Waals surface area contributed by atoms with Gasteiger partial charge < -0.3 is 4.98 Å². The summed E-state index contributed by atoms with van der Waals surface area (Å²) in [6, 6.07) is 1.59. The molecule has 4 nitrogen and oxygen atoms in total. The van der Waals surface area contributed by atoms with Crippen LogP contribution in [0.5, 0.6) is 0 Å². The van der Waals surface area contributed by atoms with Crippen LogP contribution in [0.15, 0.2) is 23.4 Å². The Labute approximate surface area is 79.7 Å². The maximum absolute atomic E-state index is 13.2. The van der Waals surface area contributed by atoms with E-state index in [1.165, 1.54) is 6.20 Å². The fraction of sp³-hybridized carbons (Fsp3) is 0.125. The van der Waals surface area contributed by atoms with Gasteiger partial charge in [-0.3, -0.25) is 4.98 Å². The number of nitrogens with one attached hydrogen (secondary N) is 1. The molecule has 0 aliphatic rings. The monoisotopic (exact) mass is 214 g/mol. The topological polar surface area (TPSA) is 62.8 Å². The maximum atomic E-state index is 13.2. The Hall–Kier alpha value is -1.43. The van der Waals surface area contributed by atoms with Crippen molar-refractivity contribution in [2.45, 2.75) is 4.90 Å². The second-order valence-corrected chi connectivity index (χ2v) is 4.90. The molecule has 74 valence electrons. The molecular weight excluding hydrogens is 207 g/mol. The largest absolute Gasteiger partial charge is 0.359 e. The lowest BCUT2D eigenvalue weighted by molar-refractivity contribution is 0.570. The van der Waals surface area contributed by atoms with Crippen molar-refractivity contribution < 1.29 is 12.8 Å². The number of halogens is 1. The van der Waals surface area contributed by atoms with Crippen LogP contribution in [0.2, 0.25) is 0 Å². The van der Waals surface area contributed by atoms with Gasteiger partial charge in [0.15, 0.2) is 15.7 Å². The Morgan fingerprint density at radius 3 is 2.86 bits per heavy atom. The molecule has 0 saturated heterocycles. The van der Waals surface area contributed by atoms with Crippen LogP contribution in [0.3, 0.4) is 0 Å². The average Bonchev–Trinajstić information content (AvgIpc) is 2.48. The summed E-state index contributed by atoms with van der Waals surface area (Å²) >= 11 is 0. The van der Waals surface area contributed by atoms with E-state index in [2.05, 4.69) is 9.97 Å². The molecule has 6 heteroatoms. The summed E-state index contributed by atoms with van der Waals surface area (Å²) in [7, 11) is -3.58. The zero-order valence-electron chi connectivity index (χ0n) is 7.28. The Morgan fingerprint density at radius 2 is 2.21 bits per heavy atom. The Bertz CT molecular complexity index is 588. The summed E-state index contributed by atoms with van der Waals surface area (Å²) in [5, 5.41) is 0. The van der Waals surface area contributed by atoms with E-state index in [1.54, 1.807) is 6.07 Å². The summed E-state index contributed by atoms with van der Waals surface area (Å²) in [6.07, 6.45) is 3.39. The van der Waals surface area contributed by atoms with E-state index in [1.807, 2.05) is 0 Å². The molecule has 2 aromatic heterocycles. The van der Waals surface area contributed by atoms with Gasteiger partial charge in [-0.1, -0.05) is 0 Å². The smallest absolute Gasteiger partial charge is 0.180 e. The first-order valence-electron chi connectivity index (χ1n) is 3.82. The first kappa shape index (κ1) is 9.14. The highest BCUT2D eigenvalue weighted by atomic mass is 32.2. The van der Waals surface area contributed by atoms with Crippen molar-refractivity contribution in [3.05, 3.63) is 24.3 Å². The minimum atomic E-state index is -3.58. The van der Waals surface area contributed by atoms with Crippen molar-refractivity contribution in [3.63, 3.8) is 0 Å². The normalized spacial score (nSPS) is 12.1. The number of hydrogen-bond donors (Lipinski definition) is 1. The van der Waals surface area contributed by atoms with Gasteiger partial charge in [0.05, 0.1) is 17.2 Å². The number of hydrogen-bond acceptors (Lipinski definition) is 3. The number of pyridine rings is 1. The minimum Gasteiger partial charge on any atom is -0.359 e. The van der Waals surface area contributed by atoms with Crippen LogP contribution >= 0.6 is 0 Å². The molecule has 14 heavy (non-hydrogen) atoms. The van der Waals surface area contributed by atoms with Crippen molar-refractivity contribution in [3.8, 4) is 0 Å². The van der Waals surface area contributed by atoms with Gasteiger partial charge in [-0.25, -0.2) is 12.8 Å². The molecule has 2 rings (SSSR count). The van der Waals surface area contributed by atoms with E-state index in [9.17, 15) is 12.8 Å². The van der Waals surface area contributed by atoms with Gasteiger partial charge in [0.2, 0.25) is 0 Å². The van der Waals surface area contributed by atoms with E-state index in [-0.39, 0.29) is 10.4 Å². The molecule has 2 aromatic rings. The molecule has 2 heterocycles. The summed E-state index contributed by atoms with van der Waals surface area (Å²) < 4.78 is 35.8. The second-order valence-electron chi connectivity index (χ2n) is 2.95. The minimum absolute atomic E-state index is 0.215. The first-order chi connectivity index (χ1) is 6.50. The van der Waals surface area contributed by atoms with Crippen LogP contribution in [0.25, 0.3) is 11.0 Å². The third kappa shape index (κ3) is 1.27. The fourth-order valence-electron chi connectivity index (χ4n) is 1.32. The molecule has 0 fully saturated rings. The van der Waals surface area contributed by atoms with Gasteiger partial charge in [-0.15, -0.1) is 0 Å². The zero-order valence-corrected chi connectivity index (χ0v) is 8.10. The van der Waals surface area contributed by atoms with Crippen LogP contribution in [0.4, 0.5) is 4.39 Å². The predicted molar refractivity (Wildman–Crippen MR) is 49.2 cm³/mol. The van der Waals surface area contributed by atoms with E-state index in [4.69, 9.17) is 0 Å². The highest BCUT2D eigenvalue weighted by Crippen LogP contribution is 2.22. The molecule has 0 aromatic carbocycles. The molecule has 0 bridgehead atoms. The quantitative estimate of drug-likeness (QED) is 0.773. The van der Waals surface area contributed by atoms with Crippen molar-refractivity contribution in [2.24, 2.45) is 0 Å². The van der Waals surface area contributed by atoms with Gasteiger partial charge in [0.25, 0.3) is 0 Å². The van der Waals surface area contributed by atoms with Crippen LogP contribution in [0.1, 0.15) is 0 Å². The number of aromatic amines is 1. The van der Waals surface area contributed by atoms with E-state index < -0.39 is 15.7 Å². The van der Waals surface area contributed by atoms with Gasteiger partial charge in [-0.2, -0.15) is 0 Å². The third-order valence-electron chi connectivity index (χ3n) is 1.86. The van der Waals surface area contributed by atoms with Crippen LogP contribution in [-0.2, 0) is 9.84 Å². The van der Waals surface area contributed by atoms with Gasteiger partial charge in [0, 0.05) is 12.5 Å². The second kappa shape index (κ2) is 2.78. The molecule has 0 aliphatic carbocycles. The molecule has 0 aliphatic heterocycles. The number of rotatable bonds is 1. The van der Waals surface area contributed by atoms with Crippen molar-refractivity contribution in [1.29, 1.82) is 0 Å². The Balaban J connectivity index is 2.98. The molecule has 0 spiro atoms. The lowest BCUT2D eigenvalue weighted by Crippen LogP contribution is -2.02. The lowest BCUT2D eigenvalue weighted by atomic mass is 10.4. The summed E-state index contributed by atoms with van der Waals surface area (Å²) in [4.78, 5) is 6.07. The van der Waals surface area contributed by atoms with Gasteiger partial charge >= 0.3 is 0 Å². The molecule has 1 N–H and O–H groups in total.